The third-order valence-electron chi connectivity index (χ3n) is 3.29. The summed E-state index contributed by atoms with van der Waals surface area (Å²) in [6.45, 7) is 1.64. The first kappa shape index (κ1) is 16.5. The smallest absolute Gasteiger partial charge is 0.253 e. The van der Waals surface area contributed by atoms with Gasteiger partial charge >= 0.3 is 0 Å². The summed E-state index contributed by atoms with van der Waals surface area (Å²) in [5, 5.41) is 12.7. The summed E-state index contributed by atoms with van der Waals surface area (Å²) in [6, 6.07) is 15.0. The second-order valence-corrected chi connectivity index (χ2v) is 7.01. The van der Waals surface area contributed by atoms with Gasteiger partial charge in [-0.1, -0.05) is 46.3 Å². The van der Waals surface area contributed by atoms with Gasteiger partial charge < -0.3 is 10.4 Å². The molecule has 3 nitrogen and oxygen atoms in total. The van der Waals surface area contributed by atoms with Gasteiger partial charge in [-0.15, -0.1) is 0 Å². The zero-order valence-electron chi connectivity index (χ0n) is 11.4. The highest BCUT2D eigenvalue weighted by atomic mass is 127. The monoisotopic (exact) mass is 459 g/mol. The van der Waals surface area contributed by atoms with Gasteiger partial charge in [0.1, 0.15) is 0 Å². The summed E-state index contributed by atoms with van der Waals surface area (Å²) in [5.41, 5.74) is 0.635. The van der Waals surface area contributed by atoms with Gasteiger partial charge in [0.2, 0.25) is 0 Å². The Morgan fingerprint density at radius 1 is 1.29 bits per heavy atom. The van der Waals surface area contributed by atoms with E-state index in [1.54, 1.807) is 6.07 Å². The molecule has 21 heavy (non-hydrogen) atoms. The van der Waals surface area contributed by atoms with E-state index >= 15 is 0 Å². The molecule has 0 heterocycles. The van der Waals surface area contributed by atoms with Crippen LogP contribution in [0.4, 0.5) is 0 Å². The summed E-state index contributed by atoms with van der Waals surface area (Å²) >= 11 is 5.50. The van der Waals surface area contributed by atoms with Crippen molar-refractivity contribution in [1.82, 2.24) is 5.32 Å². The molecule has 0 saturated carbocycles. The van der Waals surface area contributed by atoms with Crippen LogP contribution < -0.4 is 5.32 Å². The number of nitrogens with one attached hydrogen (secondary N) is 1. The van der Waals surface area contributed by atoms with E-state index in [4.69, 9.17) is 0 Å². The van der Waals surface area contributed by atoms with Crippen LogP contribution in [0.15, 0.2) is 53.0 Å². The summed E-state index contributed by atoms with van der Waals surface area (Å²) in [5.74, 6) is -0.207. The van der Waals surface area contributed by atoms with Crippen LogP contribution >= 0.6 is 38.5 Å². The maximum absolute atomic E-state index is 12.5. The summed E-state index contributed by atoms with van der Waals surface area (Å²) in [6.07, 6.45) is 0. The van der Waals surface area contributed by atoms with Crippen LogP contribution in [0.2, 0.25) is 0 Å². The molecule has 0 bridgehead atoms. The Kier molecular flexibility index (Phi) is 5.40. The topological polar surface area (TPSA) is 49.3 Å². The van der Waals surface area contributed by atoms with Crippen molar-refractivity contribution < 1.29 is 9.90 Å². The molecule has 0 aliphatic rings. The van der Waals surface area contributed by atoms with Crippen LogP contribution in [-0.2, 0) is 5.54 Å². The van der Waals surface area contributed by atoms with Gasteiger partial charge in [-0.2, -0.15) is 0 Å². The number of hydrogen-bond donors (Lipinski definition) is 2. The van der Waals surface area contributed by atoms with Crippen molar-refractivity contribution in [3.63, 3.8) is 0 Å². The third kappa shape index (κ3) is 3.84. The molecule has 1 unspecified atom stereocenters. The lowest BCUT2D eigenvalue weighted by Gasteiger charge is -2.29. The molecule has 0 fully saturated rings. The zero-order valence-corrected chi connectivity index (χ0v) is 15.2. The van der Waals surface area contributed by atoms with E-state index in [1.807, 2.05) is 49.4 Å². The molecule has 0 spiro atoms. The fourth-order valence-corrected chi connectivity index (χ4v) is 2.94. The number of benzene rings is 2. The first-order valence-electron chi connectivity index (χ1n) is 6.40. The maximum atomic E-state index is 12.5. The highest BCUT2D eigenvalue weighted by Gasteiger charge is 2.28. The quantitative estimate of drug-likeness (QED) is 0.685. The maximum Gasteiger partial charge on any atom is 0.253 e. The molecule has 2 rings (SSSR count). The Labute approximate surface area is 146 Å². The van der Waals surface area contributed by atoms with E-state index in [-0.39, 0.29) is 12.5 Å². The minimum atomic E-state index is -0.816. The molecular formula is C16H15BrINO2. The summed E-state index contributed by atoms with van der Waals surface area (Å²) in [7, 11) is 0. The van der Waals surface area contributed by atoms with Crippen LogP contribution in [0.1, 0.15) is 22.8 Å². The van der Waals surface area contributed by atoms with Crippen molar-refractivity contribution in [3.8, 4) is 0 Å². The van der Waals surface area contributed by atoms with E-state index in [0.29, 0.717) is 5.56 Å². The molecule has 1 amide bonds. The van der Waals surface area contributed by atoms with Gasteiger partial charge in [0, 0.05) is 8.04 Å². The minimum Gasteiger partial charge on any atom is -0.394 e. The second kappa shape index (κ2) is 6.89. The summed E-state index contributed by atoms with van der Waals surface area (Å²) in [4.78, 5) is 12.5. The van der Waals surface area contributed by atoms with Crippen molar-refractivity contribution in [3.05, 3.63) is 67.7 Å². The number of halogens is 2. The van der Waals surface area contributed by atoms with Gasteiger partial charge in [-0.05, 0) is 53.3 Å². The highest BCUT2D eigenvalue weighted by molar-refractivity contribution is 14.1. The van der Waals surface area contributed by atoms with E-state index < -0.39 is 5.54 Å². The normalized spacial score (nSPS) is 13.5. The molecule has 0 aliphatic heterocycles. The molecule has 110 valence electrons. The molecule has 2 aromatic carbocycles. The van der Waals surface area contributed by atoms with Gasteiger partial charge in [-0.25, -0.2) is 0 Å². The Hall–Kier alpha value is -0.920. The van der Waals surface area contributed by atoms with Gasteiger partial charge in [0.05, 0.1) is 17.7 Å². The van der Waals surface area contributed by atoms with E-state index in [2.05, 4.69) is 43.8 Å². The van der Waals surface area contributed by atoms with E-state index in [0.717, 1.165) is 13.6 Å². The third-order valence-corrected chi connectivity index (χ3v) is 4.72. The lowest BCUT2D eigenvalue weighted by Crippen LogP contribution is -2.46. The molecule has 0 aliphatic carbocycles. The van der Waals surface area contributed by atoms with Crippen molar-refractivity contribution in [2.75, 3.05) is 6.61 Å². The van der Waals surface area contributed by atoms with Crippen LogP contribution in [-0.4, -0.2) is 17.6 Å². The predicted octanol–water partition coefficient (Wildman–Crippen LogP) is 3.69. The van der Waals surface area contributed by atoms with Crippen molar-refractivity contribution >= 4 is 44.4 Å². The molecule has 2 N–H and O–H groups in total. The van der Waals surface area contributed by atoms with Crippen molar-refractivity contribution in [1.29, 1.82) is 0 Å². The number of hydrogen-bond acceptors (Lipinski definition) is 2. The molecule has 0 radical (unpaired) electrons. The molecule has 5 heteroatoms. The molecule has 0 aromatic heterocycles. The lowest BCUT2D eigenvalue weighted by atomic mass is 9.92. The zero-order chi connectivity index (χ0) is 15.5. The first-order chi connectivity index (χ1) is 9.96. The summed E-state index contributed by atoms with van der Waals surface area (Å²) < 4.78 is 1.71. The molecular weight excluding hydrogens is 445 g/mol. The number of carbonyl (C=O) groups is 1. The predicted molar refractivity (Wildman–Crippen MR) is 95.2 cm³/mol. The van der Waals surface area contributed by atoms with Crippen LogP contribution in [0.3, 0.4) is 0 Å². The van der Waals surface area contributed by atoms with E-state index in [9.17, 15) is 9.90 Å². The average Bonchev–Trinajstić information content (AvgIpc) is 2.50. The Bertz CT molecular complexity index is 648. The second-order valence-electron chi connectivity index (χ2n) is 4.93. The Morgan fingerprint density at radius 3 is 2.57 bits per heavy atom. The van der Waals surface area contributed by atoms with Crippen molar-refractivity contribution in [2.24, 2.45) is 0 Å². The van der Waals surface area contributed by atoms with E-state index in [1.165, 1.54) is 0 Å². The van der Waals surface area contributed by atoms with Crippen LogP contribution in [0.5, 0.6) is 0 Å². The number of rotatable bonds is 4. The van der Waals surface area contributed by atoms with Gasteiger partial charge in [0.15, 0.2) is 0 Å². The first-order valence-corrected chi connectivity index (χ1v) is 8.27. The number of aliphatic hydroxyl groups excluding tert-OH is 1. The van der Waals surface area contributed by atoms with Gasteiger partial charge in [-0.3, -0.25) is 4.79 Å². The SMILES string of the molecule is CC(CO)(NC(=O)c1cc(Br)ccc1I)c1ccccc1. The standard InChI is InChI=1S/C16H15BrINO2/c1-16(10-20,11-5-3-2-4-6-11)19-15(21)13-9-12(17)7-8-14(13)18/h2-9,20H,10H2,1H3,(H,19,21). The molecule has 0 saturated heterocycles. The largest absolute Gasteiger partial charge is 0.394 e. The van der Waals surface area contributed by atoms with Crippen LogP contribution in [0.25, 0.3) is 0 Å². The van der Waals surface area contributed by atoms with Crippen LogP contribution in [0, 0.1) is 3.57 Å². The molecule has 1 atom stereocenters. The Balaban J connectivity index is 2.30. The minimum absolute atomic E-state index is 0.173. The highest BCUT2D eigenvalue weighted by Crippen LogP contribution is 2.23. The molecule has 2 aromatic rings. The number of amides is 1. The number of aliphatic hydroxyl groups is 1. The average molecular weight is 460 g/mol. The fraction of sp³-hybridized carbons (Fsp3) is 0.188. The van der Waals surface area contributed by atoms with Gasteiger partial charge in [0.25, 0.3) is 5.91 Å². The number of carbonyl (C=O) groups excluding carboxylic acids is 1. The fourth-order valence-electron chi connectivity index (χ4n) is 2.00. The Morgan fingerprint density at radius 2 is 1.95 bits per heavy atom. The lowest BCUT2D eigenvalue weighted by molar-refractivity contribution is 0.0848. The van der Waals surface area contributed by atoms with Crippen molar-refractivity contribution in [2.45, 2.75) is 12.5 Å².